The number of pyridine rings is 1. The molecule has 0 aliphatic heterocycles. The van der Waals surface area contributed by atoms with Gasteiger partial charge in [0.2, 0.25) is 5.91 Å². The van der Waals surface area contributed by atoms with Crippen LogP contribution in [0.2, 0.25) is 0 Å². The molecule has 0 saturated heterocycles. The van der Waals surface area contributed by atoms with E-state index in [2.05, 4.69) is 24.1 Å². The molecular weight excluding hydrogens is 355 g/mol. The lowest BCUT2D eigenvalue weighted by Crippen LogP contribution is -2.25. The molecule has 3 rings (SSSR count). The number of carbonyl (C=O) groups excluding carboxylic acids is 2. The number of benzene rings is 1. The van der Waals surface area contributed by atoms with Gasteiger partial charge in [-0.1, -0.05) is 19.9 Å². The number of hydrogen-bond donors (Lipinski definition) is 1. The SMILES string of the molecule is CC(=O)CNC(C)=O.CC(C)C1CC1.Cc1cc(F)ccc1-c1ccccn1. The predicted molar refractivity (Wildman–Crippen MR) is 111 cm³/mol. The van der Waals surface area contributed by atoms with Crippen molar-refractivity contribution in [1.82, 2.24) is 10.3 Å². The first-order valence-corrected chi connectivity index (χ1v) is 9.62. The van der Waals surface area contributed by atoms with E-state index in [0.29, 0.717) is 0 Å². The van der Waals surface area contributed by atoms with Crippen LogP contribution in [0.3, 0.4) is 0 Å². The van der Waals surface area contributed by atoms with Crippen LogP contribution in [-0.2, 0) is 9.59 Å². The molecule has 0 spiro atoms. The Balaban J connectivity index is 0.000000237. The highest BCUT2D eigenvalue weighted by atomic mass is 19.1. The molecule has 0 atom stereocenters. The van der Waals surface area contributed by atoms with Gasteiger partial charge in [0.25, 0.3) is 0 Å². The fraction of sp³-hybridized carbons (Fsp3) is 0.435. The molecular formula is C23H31FN2O2. The second kappa shape index (κ2) is 12.0. The summed E-state index contributed by atoms with van der Waals surface area (Å²) in [6.07, 6.45) is 4.73. The second-order valence-corrected chi connectivity index (χ2v) is 7.37. The highest BCUT2D eigenvalue weighted by Crippen LogP contribution is 2.35. The first kappa shape index (κ1) is 23.5. The molecule has 0 unspecified atom stereocenters. The van der Waals surface area contributed by atoms with E-state index in [4.69, 9.17) is 0 Å². The van der Waals surface area contributed by atoms with E-state index in [1.165, 1.54) is 38.8 Å². The number of ketones is 1. The maximum Gasteiger partial charge on any atom is 0.217 e. The molecule has 0 bridgehead atoms. The average Bonchev–Trinajstić information content (AvgIpc) is 3.47. The molecule has 1 fully saturated rings. The summed E-state index contributed by atoms with van der Waals surface area (Å²) >= 11 is 0. The second-order valence-electron chi connectivity index (χ2n) is 7.37. The summed E-state index contributed by atoms with van der Waals surface area (Å²) in [5.41, 5.74) is 2.76. The molecule has 5 heteroatoms. The van der Waals surface area contributed by atoms with Crippen molar-refractivity contribution < 1.29 is 14.0 Å². The highest BCUT2D eigenvalue weighted by Gasteiger charge is 2.23. The zero-order chi connectivity index (χ0) is 21.1. The molecule has 1 aromatic carbocycles. The van der Waals surface area contributed by atoms with Crippen molar-refractivity contribution >= 4 is 11.7 Å². The van der Waals surface area contributed by atoms with E-state index in [0.717, 1.165) is 28.7 Å². The van der Waals surface area contributed by atoms with Crippen molar-refractivity contribution in [2.24, 2.45) is 11.8 Å². The number of halogens is 1. The number of nitrogens with one attached hydrogen (secondary N) is 1. The van der Waals surface area contributed by atoms with E-state index in [9.17, 15) is 14.0 Å². The third-order valence-electron chi connectivity index (χ3n) is 4.28. The molecule has 1 heterocycles. The van der Waals surface area contributed by atoms with Crippen molar-refractivity contribution in [1.29, 1.82) is 0 Å². The van der Waals surface area contributed by atoms with Crippen LogP contribution < -0.4 is 5.32 Å². The Hall–Kier alpha value is -2.56. The minimum Gasteiger partial charge on any atom is -0.349 e. The first-order valence-electron chi connectivity index (χ1n) is 9.62. The topological polar surface area (TPSA) is 59.1 Å². The largest absolute Gasteiger partial charge is 0.349 e. The molecule has 1 amide bonds. The Bertz CT molecular complexity index is 742. The van der Waals surface area contributed by atoms with Gasteiger partial charge in [-0.15, -0.1) is 0 Å². The molecule has 152 valence electrons. The van der Waals surface area contributed by atoms with E-state index < -0.39 is 0 Å². The van der Waals surface area contributed by atoms with Crippen LogP contribution in [0.4, 0.5) is 4.39 Å². The number of Topliss-reactive ketones (excluding diaryl/α,β-unsaturated/α-hetero) is 1. The lowest BCUT2D eigenvalue weighted by Gasteiger charge is -2.04. The molecule has 1 N–H and O–H groups in total. The first-order chi connectivity index (χ1) is 13.2. The number of aromatic nitrogens is 1. The molecule has 1 aliphatic carbocycles. The Kier molecular flexibility index (Phi) is 10.1. The summed E-state index contributed by atoms with van der Waals surface area (Å²) in [4.78, 5) is 24.4. The van der Waals surface area contributed by atoms with Gasteiger partial charge >= 0.3 is 0 Å². The molecule has 1 saturated carbocycles. The van der Waals surface area contributed by atoms with Gasteiger partial charge in [0.15, 0.2) is 0 Å². The van der Waals surface area contributed by atoms with Crippen molar-refractivity contribution in [2.75, 3.05) is 6.54 Å². The van der Waals surface area contributed by atoms with Gasteiger partial charge in [0.05, 0.1) is 12.2 Å². The molecule has 0 radical (unpaired) electrons. The Morgan fingerprint density at radius 2 is 1.86 bits per heavy atom. The van der Waals surface area contributed by atoms with Gasteiger partial charge in [-0.25, -0.2) is 4.39 Å². The van der Waals surface area contributed by atoms with Gasteiger partial charge in [0.1, 0.15) is 11.6 Å². The zero-order valence-corrected chi connectivity index (χ0v) is 17.5. The van der Waals surface area contributed by atoms with E-state index in [-0.39, 0.29) is 24.1 Å². The van der Waals surface area contributed by atoms with Crippen LogP contribution in [-0.4, -0.2) is 23.2 Å². The number of nitrogens with zero attached hydrogens (tertiary/aromatic N) is 1. The van der Waals surface area contributed by atoms with Crippen molar-refractivity contribution in [3.63, 3.8) is 0 Å². The number of amides is 1. The van der Waals surface area contributed by atoms with Crippen LogP contribution in [0.1, 0.15) is 46.1 Å². The van der Waals surface area contributed by atoms with Gasteiger partial charge in [-0.3, -0.25) is 14.6 Å². The summed E-state index contributed by atoms with van der Waals surface area (Å²) < 4.78 is 12.8. The quantitative estimate of drug-likeness (QED) is 0.808. The number of rotatable bonds is 4. The maximum absolute atomic E-state index is 12.8. The minimum absolute atomic E-state index is 0.0276. The summed E-state index contributed by atoms with van der Waals surface area (Å²) in [6, 6.07) is 10.4. The van der Waals surface area contributed by atoms with Crippen molar-refractivity contribution in [3.8, 4) is 11.3 Å². The Morgan fingerprint density at radius 1 is 1.18 bits per heavy atom. The molecule has 1 aliphatic rings. The normalized spacial score (nSPS) is 12.2. The number of aryl methyl sites for hydroxylation is 1. The average molecular weight is 387 g/mol. The molecule has 28 heavy (non-hydrogen) atoms. The number of carbonyl (C=O) groups is 2. The van der Waals surface area contributed by atoms with Crippen LogP contribution in [0.15, 0.2) is 42.6 Å². The van der Waals surface area contributed by atoms with E-state index in [1.807, 2.05) is 25.1 Å². The van der Waals surface area contributed by atoms with Gasteiger partial charge in [0, 0.05) is 18.7 Å². The van der Waals surface area contributed by atoms with Crippen molar-refractivity contribution in [3.05, 3.63) is 54.0 Å². The van der Waals surface area contributed by atoms with Gasteiger partial charge < -0.3 is 5.32 Å². The smallest absolute Gasteiger partial charge is 0.217 e. The molecule has 1 aromatic heterocycles. The van der Waals surface area contributed by atoms with Crippen LogP contribution in [0, 0.1) is 24.6 Å². The Labute approximate surface area is 167 Å². The summed E-state index contributed by atoms with van der Waals surface area (Å²) in [5.74, 6) is 1.66. The van der Waals surface area contributed by atoms with Crippen molar-refractivity contribution in [2.45, 2.75) is 47.5 Å². The predicted octanol–water partition coefficient (Wildman–Crippen LogP) is 4.96. The molecule has 2 aromatic rings. The fourth-order valence-corrected chi connectivity index (χ4v) is 2.45. The third-order valence-corrected chi connectivity index (χ3v) is 4.28. The van der Waals surface area contributed by atoms with Gasteiger partial charge in [-0.05, 0) is 74.4 Å². The Morgan fingerprint density at radius 3 is 2.21 bits per heavy atom. The maximum atomic E-state index is 12.8. The summed E-state index contributed by atoms with van der Waals surface area (Å²) in [5, 5.41) is 2.36. The van der Waals surface area contributed by atoms with Crippen LogP contribution in [0.25, 0.3) is 11.3 Å². The fourth-order valence-electron chi connectivity index (χ4n) is 2.45. The zero-order valence-electron chi connectivity index (χ0n) is 17.5. The number of hydrogen-bond acceptors (Lipinski definition) is 3. The van der Waals surface area contributed by atoms with Gasteiger partial charge in [-0.2, -0.15) is 0 Å². The summed E-state index contributed by atoms with van der Waals surface area (Å²) in [7, 11) is 0. The lowest BCUT2D eigenvalue weighted by molar-refractivity contribution is -0.123. The van der Waals surface area contributed by atoms with E-state index >= 15 is 0 Å². The van der Waals surface area contributed by atoms with E-state index in [1.54, 1.807) is 12.3 Å². The van der Waals surface area contributed by atoms with Crippen LogP contribution in [0.5, 0.6) is 0 Å². The monoisotopic (exact) mass is 386 g/mol. The highest BCUT2D eigenvalue weighted by molar-refractivity contribution is 5.83. The summed E-state index contributed by atoms with van der Waals surface area (Å²) in [6.45, 7) is 9.44. The van der Waals surface area contributed by atoms with Crippen LogP contribution >= 0.6 is 0 Å². The third kappa shape index (κ3) is 9.95. The molecule has 4 nitrogen and oxygen atoms in total. The lowest BCUT2D eigenvalue weighted by atomic mass is 10.1. The standard InChI is InChI=1S/C12H10FN.C6H12.C5H9NO2/c1-9-8-10(13)5-6-11(9)12-4-2-3-7-14-12;1-5(2)6-3-4-6;1-4(7)3-6-5(2)8/h2-8H,1H3;5-6H,3-4H2,1-2H3;3H2,1-2H3,(H,6,8). The minimum atomic E-state index is -0.206.